The van der Waals surface area contributed by atoms with Crippen LogP contribution in [0, 0.1) is 0 Å². The Labute approximate surface area is 187 Å². The van der Waals surface area contributed by atoms with Gasteiger partial charge in [0.25, 0.3) is 0 Å². The minimum atomic E-state index is -1.21. The van der Waals surface area contributed by atoms with Gasteiger partial charge in [0.1, 0.15) is 11.5 Å². The molecule has 0 unspecified atom stereocenters. The molecule has 0 atom stereocenters. The molecule has 0 aliphatic carbocycles. The van der Waals surface area contributed by atoms with Gasteiger partial charge >= 0.3 is 5.97 Å². The van der Waals surface area contributed by atoms with Gasteiger partial charge in [0.15, 0.2) is 0 Å². The van der Waals surface area contributed by atoms with Crippen molar-refractivity contribution in [1.29, 1.82) is 0 Å². The average Bonchev–Trinajstić information content (AvgIpc) is 2.73. The van der Waals surface area contributed by atoms with Crippen molar-refractivity contribution in [3.05, 3.63) is 46.4 Å². The number of rotatable bonds is 6. The number of aliphatic hydroxyl groups is 3. The predicted molar refractivity (Wildman–Crippen MR) is 115 cm³/mol. The minimum absolute atomic E-state index is 0.110. The summed E-state index contributed by atoms with van der Waals surface area (Å²) in [5.41, 5.74) is 8.51. The fourth-order valence-corrected chi connectivity index (χ4v) is 2.84. The molecular weight excluding hydrogens is 459 g/mol. The molecule has 0 aliphatic heterocycles. The molecular formula is C18H24Cl2N2O7S. The number of hydrogen-bond donors (Lipinski definition) is 8. The van der Waals surface area contributed by atoms with Gasteiger partial charge < -0.3 is 42.1 Å². The second kappa shape index (κ2) is 14.3. The van der Waals surface area contributed by atoms with Crippen LogP contribution in [-0.2, 0) is 4.79 Å². The van der Waals surface area contributed by atoms with Gasteiger partial charge in [0.2, 0.25) is 0 Å². The summed E-state index contributed by atoms with van der Waals surface area (Å²) in [7, 11) is 0. The molecule has 0 radical (unpaired) electrons. The van der Waals surface area contributed by atoms with Gasteiger partial charge in [-0.25, -0.2) is 0 Å². The third-order valence-electron chi connectivity index (χ3n) is 3.18. The Bertz CT molecular complexity index is 750. The summed E-state index contributed by atoms with van der Waals surface area (Å²) < 4.78 is 0. The molecule has 0 amide bonds. The zero-order valence-electron chi connectivity index (χ0n) is 15.7. The summed E-state index contributed by atoms with van der Waals surface area (Å²) in [6, 6.07) is 9.46. The number of carbonyl (C=O) groups is 1. The lowest BCUT2D eigenvalue weighted by Crippen LogP contribution is -2.50. The van der Waals surface area contributed by atoms with E-state index in [4.69, 9.17) is 49.4 Å². The first-order chi connectivity index (χ1) is 14.0. The second-order valence-electron chi connectivity index (χ2n) is 5.76. The van der Waals surface area contributed by atoms with Crippen LogP contribution in [0.25, 0.3) is 0 Å². The van der Waals surface area contributed by atoms with Crippen molar-refractivity contribution in [3.63, 3.8) is 0 Å². The molecule has 2 rings (SSSR count). The summed E-state index contributed by atoms with van der Waals surface area (Å²) in [4.78, 5) is 10.4. The van der Waals surface area contributed by atoms with Crippen molar-refractivity contribution in [2.24, 2.45) is 11.5 Å². The number of phenols is 2. The Morgan fingerprint density at radius 1 is 0.900 bits per heavy atom. The molecule has 0 spiro atoms. The van der Waals surface area contributed by atoms with Crippen LogP contribution in [0.15, 0.2) is 46.2 Å². The number of aromatic hydroxyl groups is 2. The number of aliphatic carboxylic acids is 1. The van der Waals surface area contributed by atoms with Gasteiger partial charge in [0.05, 0.1) is 41.7 Å². The van der Waals surface area contributed by atoms with E-state index in [1.807, 2.05) is 0 Å². The largest absolute Gasteiger partial charge is 0.507 e. The maximum Gasteiger partial charge on any atom is 0.317 e. The van der Waals surface area contributed by atoms with Gasteiger partial charge in [-0.05, 0) is 36.4 Å². The molecule has 0 heterocycles. The molecule has 0 saturated heterocycles. The first kappa shape index (κ1) is 28.2. The van der Waals surface area contributed by atoms with Crippen LogP contribution in [0.2, 0.25) is 10.0 Å². The molecule has 2 aromatic rings. The Morgan fingerprint density at radius 2 is 1.23 bits per heavy atom. The Kier molecular flexibility index (Phi) is 13.4. The van der Waals surface area contributed by atoms with E-state index in [0.29, 0.717) is 19.8 Å². The van der Waals surface area contributed by atoms with E-state index < -0.39 is 31.3 Å². The third-order valence-corrected chi connectivity index (χ3v) is 4.75. The number of phenolic OH excluding ortho intramolecular Hbond substituents is 2. The van der Waals surface area contributed by atoms with Gasteiger partial charge in [-0.3, -0.25) is 4.79 Å². The summed E-state index contributed by atoms with van der Waals surface area (Å²) in [6.07, 6.45) is 0. The van der Waals surface area contributed by atoms with Crippen LogP contribution in [-0.4, -0.2) is 68.5 Å². The van der Waals surface area contributed by atoms with Crippen LogP contribution in [0.1, 0.15) is 0 Å². The second-order valence-corrected chi connectivity index (χ2v) is 7.72. The predicted octanol–water partition coefficient (Wildman–Crippen LogP) is 1.25. The molecule has 10 N–H and O–H groups in total. The quantitative estimate of drug-likeness (QED) is 0.297. The van der Waals surface area contributed by atoms with Crippen LogP contribution in [0.3, 0.4) is 0 Å². The first-order valence-corrected chi connectivity index (χ1v) is 9.77. The lowest BCUT2D eigenvalue weighted by molar-refractivity contribution is -0.135. The molecule has 0 saturated carbocycles. The zero-order chi connectivity index (χ0) is 23.3. The van der Waals surface area contributed by atoms with Crippen LogP contribution in [0.5, 0.6) is 11.5 Å². The first-order valence-electron chi connectivity index (χ1n) is 8.20. The van der Waals surface area contributed by atoms with Gasteiger partial charge in [-0.1, -0.05) is 35.0 Å². The normalized spacial score (nSPS) is 10.4. The van der Waals surface area contributed by atoms with Crippen molar-refractivity contribution in [2.45, 2.75) is 15.3 Å². The Balaban J connectivity index is 0.000000540. The topological polar surface area (TPSA) is 190 Å². The number of carboxylic acids is 1. The van der Waals surface area contributed by atoms with Crippen molar-refractivity contribution < 1.29 is 35.4 Å². The average molecular weight is 483 g/mol. The molecule has 2 aromatic carbocycles. The van der Waals surface area contributed by atoms with Crippen molar-refractivity contribution in [1.82, 2.24) is 0 Å². The molecule has 0 fully saturated rings. The molecule has 168 valence electrons. The highest BCUT2D eigenvalue weighted by Gasteiger charge is 2.20. The van der Waals surface area contributed by atoms with E-state index in [0.717, 1.165) is 0 Å². The molecule has 0 aliphatic rings. The smallest absolute Gasteiger partial charge is 0.317 e. The van der Waals surface area contributed by atoms with Crippen LogP contribution >= 0.6 is 35.0 Å². The number of halogens is 2. The highest BCUT2D eigenvalue weighted by Crippen LogP contribution is 2.40. The van der Waals surface area contributed by atoms with E-state index in [1.54, 1.807) is 24.3 Å². The number of benzene rings is 2. The van der Waals surface area contributed by atoms with E-state index in [1.165, 1.54) is 23.9 Å². The van der Waals surface area contributed by atoms with E-state index in [9.17, 15) is 15.0 Å². The highest BCUT2D eigenvalue weighted by atomic mass is 35.5. The Hall–Kier alpha value is -1.76. The number of hydrogen-bond acceptors (Lipinski definition) is 9. The molecule has 30 heavy (non-hydrogen) atoms. The number of nitrogens with two attached hydrogens (primary N) is 2. The molecule has 0 aromatic heterocycles. The third kappa shape index (κ3) is 10.9. The van der Waals surface area contributed by atoms with Crippen molar-refractivity contribution >= 4 is 40.9 Å². The van der Waals surface area contributed by atoms with Gasteiger partial charge in [-0.2, -0.15) is 0 Å². The standard InChI is InChI=1S/C12H8Cl2O2S.C4H11NO3.C2H5NO2/c13-7-1-3-9(15)11(5-7)17-12-6-8(14)2-4-10(12)16;5-4(1-6,2-7)3-8;3-1-2(4)5/h1-6,15-16H;6-8H,1-3,5H2;1,3H2,(H,4,5). The maximum atomic E-state index is 9.66. The minimum Gasteiger partial charge on any atom is -0.507 e. The van der Waals surface area contributed by atoms with E-state index in [-0.39, 0.29) is 18.0 Å². The van der Waals surface area contributed by atoms with Gasteiger partial charge in [0, 0.05) is 10.0 Å². The van der Waals surface area contributed by atoms with E-state index >= 15 is 0 Å². The SMILES string of the molecule is NC(CO)(CO)CO.NCC(=O)O.Oc1ccc(Cl)cc1Sc1cc(Cl)ccc1O. The highest BCUT2D eigenvalue weighted by molar-refractivity contribution is 7.99. The van der Waals surface area contributed by atoms with E-state index in [2.05, 4.69) is 5.73 Å². The number of aliphatic hydroxyl groups excluding tert-OH is 3. The van der Waals surface area contributed by atoms with Crippen LogP contribution in [0.4, 0.5) is 0 Å². The summed E-state index contributed by atoms with van der Waals surface area (Å²) in [5.74, 6) is -0.748. The monoisotopic (exact) mass is 482 g/mol. The Morgan fingerprint density at radius 3 is 1.47 bits per heavy atom. The van der Waals surface area contributed by atoms with Gasteiger partial charge in [-0.15, -0.1) is 0 Å². The fourth-order valence-electron chi connectivity index (χ4n) is 1.41. The molecule has 12 heteroatoms. The number of carboxylic acid groups (broad SMARTS) is 1. The lowest BCUT2D eigenvalue weighted by Gasteiger charge is -2.20. The lowest BCUT2D eigenvalue weighted by atomic mass is 10.1. The fraction of sp³-hybridized carbons (Fsp3) is 0.278. The van der Waals surface area contributed by atoms with Crippen LogP contribution < -0.4 is 11.5 Å². The molecule has 9 nitrogen and oxygen atoms in total. The van der Waals surface area contributed by atoms with Crippen molar-refractivity contribution in [2.75, 3.05) is 26.4 Å². The summed E-state index contributed by atoms with van der Waals surface area (Å²) in [5, 5.41) is 53.0. The molecule has 0 bridgehead atoms. The van der Waals surface area contributed by atoms with Crippen molar-refractivity contribution in [3.8, 4) is 11.5 Å². The zero-order valence-corrected chi connectivity index (χ0v) is 18.0. The maximum absolute atomic E-state index is 9.66. The summed E-state index contributed by atoms with van der Waals surface area (Å²) in [6.45, 7) is -1.49. The summed E-state index contributed by atoms with van der Waals surface area (Å²) >= 11 is 12.9.